The first-order valence-corrected chi connectivity index (χ1v) is 42.5. The van der Waals surface area contributed by atoms with Gasteiger partial charge in [-0.2, -0.15) is 0 Å². The number of aromatic nitrogens is 2. The summed E-state index contributed by atoms with van der Waals surface area (Å²) in [6.07, 6.45) is 0. The van der Waals surface area contributed by atoms with Crippen LogP contribution in [0.4, 0.5) is 56.9 Å². The molecule has 0 atom stereocenters. The van der Waals surface area contributed by atoms with Gasteiger partial charge in [-0.05, 0) is 236 Å². The monoisotopic (exact) mass is 1640 g/mol. The highest BCUT2D eigenvalue weighted by Crippen LogP contribution is 2.48. The molecule has 0 fully saturated rings. The van der Waals surface area contributed by atoms with E-state index in [0.29, 0.717) is 0 Å². The van der Waals surface area contributed by atoms with Crippen LogP contribution in [0.2, 0.25) is 0 Å². The van der Waals surface area contributed by atoms with E-state index < -0.39 is 0 Å². The Bertz CT molecular complexity index is 7350. The maximum absolute atomic E-state index is 6.01. The molecule has 0 saturated heterocycles. The zero-order chi connectivity index (χ0) is 82.4. The van der Waals surface area contributed by atoms with Gasteiger partial charge in [0.15, 0.2) is 0 Å². The van der Waals surface area contributed by atoms with Gasteiger partial charge in [0.25, 0.3) is 0 Å². The van der Waals surface area contributed by atoms with Crippen LogP contribution in [-0.2, 0) is 0 Å². The fourth-order valence-electron chi connectivity index (χ4n) is 17.4. The smallest absolute Gasteiger partial charge is 0.0542 e. The summed E-state index contributed by atoms with van der Waals surface area (Å²) in [6.45, 7) is 0. The standard InChI is InChI=1S/C64H45N3.C40H29N3.C12H9Br/c1-5-17-46(18-6-1)48-29-35-53(36-30-48)65(54-37-31-49(32-38-54)47-19-7-2-8-20-47)55-39-33-50(34-40-55)57-42-44-63(59-26-14-13-25-58(57)59)66(51-21-9-3-10-22-51)56-41-43-64-61(45-56)60-27-15-16-28-62(60)67(64)52-23-11-4-12-24-52;41-29-21-19-28(20-22-29)33-24-26-39(35-16-8-7-15-34(33)35)42(30-11-3-1-4-12-30)32-23-25-40-37(27-32)36-17-9-10-18-38(36)43(40)31-13-5-2-6-14-31;13-12-8-6-11(7-9-12)10-4-2-1-3-5-10/h1-45H;1-27H,41H2;1-9H. The van der Waals surface area contributed by atoms with Crippen molar-refractivity contribution in [2.45, 2.75) is 0 Å². The first-order valence-electron chi connectivity index (χ1n) is 41.7. The molecule has 20 aromatic carbocycles. The number of hydrogen-bond donors (Lipinski definition) is 1. The average Bonchev–Trinajstić information content (AvgIpc) is 1.65. The maximum Gasteiger partial charge on any atom is 0.0542 e. The van der Waals surface area contributed by atoms with E-state index in [1.165, 1.54) is 110 Å². The minimum absolute atomic E-state index is 0.768. The van der Waals surface area contributed by atoms with Crippen molar-refractivity contribution in [2.75, 3.05) is 20.4 Å². The quantitative estimate of drug-likeness (QED) is 0.0980. The minimum atomic E-state index is 0.768. The van der Waals surface area contributed by atoms with Crippen LogP contribution in [0, 0.1) is 0 Å². The number of para-hydroxylation sites is 6. The molecule has 584 valence electrons. The normalized spacial score (nSPS) is 11.2. The summed E-state index contributed by atoms with van der Waals surface area (Å²) in [6, 6.07) is 175. The fourth-order valence-corrected chi connectivity index (χ4v) is 17.7. The number of nitrogens with zero attached hydrogens (tertiary/aromatic N) is 5. The molecule has 0 aliphatic heterocycles. The van der Waals surface area contributed by atoms with Gasteiger partial charge in [0.2, 0.25) is 0 Å². The van der Waals surface area contributed by atoms with Gasteiger partial charge < -0.3 is 29.6 Å². The number of rotatable bonds is 16. The molecule has 0 spiro atoms. The summed E-state index contributed by atoms with van der Waals surface area (Å²) in [4.78, 5) is 7.14. The highest BCUT2D eigenvalue weighted by atomic mass is 79.9. The van der Waals surface area contributed by atoms with E-state index in [1.54, 1.807) is 0 Å². The van der Waals surface area contributed by atoms with Gasteiger partial charge in [-0.3, -0.25) is 0 Å². The summed E-state index contributed by atoms with van der Waals surface area (Å²) in [5, 5.41) is 9.66. The van der Waals surface area contributed by atoms with Crippen molar-refractivity contribution in [3.05, 3.63) is 496 Å². The lowest BCUT2D eigenvalue weighted by atomic mass is 9.96. The summed E-state index contributed by atoms with van der Waals surface area (Å²) < 4.78 is 5.85. The molecule has 7 heteroatoms. The number of nitrogens with two attached hydrogens (primary N) is 1. The van der Waals surface area contributed by atoms with Crippen molar-refractivity contribution < 1.29 is 0 Å². The summed E-state index contributed by atoms with van der Waals surface area (Å²) in [7, 11) is 0. The Balaban J connectivity index is 0.000000145. The lowest BCUT2D eigenvalue weighted by Crippen LogP contribution is -2.10. The van der Waals surface area contributed by atoms with E-state index in [4.69, 9.17) is 5.73 Å². The van der Waals surface area contributed by atoms with Crippen LogP contribution in [0.5, 0.6) is 0 Å². The van der Waals surface area contributed by atoms with E-state index >= 15 is 0 Å². The van der Waals surface area contributed by atoms with Crippen molar-refractivity contribution in [3.8, 4) is 67.0 Å². The van der Waals surface area contributed by atoms with Crippen LogP contribution in [-0.4, -0.2) is 9.13 Å². The Labute approximate surface area is 725 Å². The summed E-state index contributed by atoms with van der Waals surface area (Å²) in [5.74, 6) is 0. The van der Waals surface area contributed by atoms with E-state index in [0.717, 1.165) is 83.8 Å². The van der Waals surface area contributed by atoms with Crippen molar-refractivity contribution >= 4 is 138 Å². The molecule has 2 N–H and O–H groups in total. The maximum atomic E-state index is 6.01. The Hall–Kier alpha value is -15.8. The number of hydrogen-bond acceptors (Lipinski definition) is 4. The number of halogens is 1. The molecular formula is C116H83BrN6. The van der Waals surface area contributed by atoms with Crippen molar-refractivity contribution in [1.82, 2.24) is 9.13 Å². The second kappa shape index (κ2) is 34.3. The van der Waals surface area contributed by atoms with Crippen LogP contribution in [0.3, 0.4) is 0 Å². The summed E-state index contributed by atoms with van der Waals surface area (Å²) >= 11 is 3.42. The van der Waals surface area contributed by atoms with Crippen LogP contribution >= 0.6 is 15.9 Å². The number of fused-ring (bicyclic) bond motifs is 8. The largest absolute Gasteiger partial charge is 0.399 e. The molecule has 6 nitrogen and oxygen atoms in total. The number of benzene rings is 20. The fraction of sp³-hybridized carbons (Fsp3) is 0. The summed E-state index contributed by atoms with van der Waals surface area (Å²) in [5.41, 5.74) is 35.8. The van der Waals surface area contributed by atoms with Gasteiger partial charge in [0.1, 0.15) is 0 Å². The van der Waals surface area contributed by atoms with E-state index in [9.17, 15) is 0 Å². The van der Waals surface area contributed by atoms with Crippen LogP contribution in [0.15, 0.2) is 496 Å². The second-order valence-corrected chi connectivity index (χ2v) is 31.6. The first-order chi connectivity index (χ1) is 60.9. The number of nitrogen functional groups attached to an aromatic ring is 1. The average molecular weight is 1640 g/mol. The highest BCUT2D eigenvalue weighted by Gasteiger charge is 2.24. The molecule has 2 heterocycles. The van der Waals surface area contributed by atoms with Crippen LogP contribution < -0.4 is 20.4 Å². The second-order valence-electron chi connectivity index (χ2n) is 30.7. The predicted molar refractivity (Wildman–Crippen MR) is 526 cm³/mol. The zero-order valence-corrected chi connectivity index (χ0v) is 69.0. The predicted octanol–water partition coefficient (Wildman–Crippen LogP) is 32.6. The molecule has 0 bridgehead atoms. The van der Waals surface area contributed by atoms with Gasteiger partial charge >= 0.3 is 0 Å². The van der Waals surface area contributed by atoms with Crippen molar-refractivity contribution in [3.63, 3.8) is 0 Å². The third kappa shape index (κ3) is 15.3. The molecule has 0 aliphatic carbocycles. The van der Waals surface area contributed by atoms with E-state index in [1.807, 2.05) is 18.2 Å². The molecule has 0 amide bonds. The highest BCUT2D eigenvalue weighted by molar-refractivity contribution is 9.10. The van der Waals surface area contributed by atoms with Gasteiger partial charge in [-0.15, -0.1) is 0 Å². The third-order valence-electron chi connectivity index (χ3n) is 23.2. The zero-order valence-electron chi connectivity index (χ0n) is 67.5. The van der Waals surface area contributed by atoms with Crippen LogP contribution in [0.1, 0.15) is 0 Å². The SMILES string of the molecule is Brc1ccc(-c2ccccc2)cc1.Nc1ccc(-c2ccc(N(c3ccccc3)c3ccc4c(c3)c3ccccc3n4-c3ccccc3)c3ccccc23)cc1.c1ccc(-c2ccc(N(c3ccc(-c4ccccc4)cc3)c3ccc(-c4ccc(N(c5ccccc5)c5ccc6c(c5)c5ccccc5n6-c5ccccc5)c5ccccc45)cc3)cc2)cc1. The topological polar surface area (TPSA) is 45.6 Å². The van der Waals surface area contributed by atoms with Gasteiger partial charge in [0.05, 0.1) is 33.4 Å². The lowest BCUT2D eigenvalue weighted by molar-refractivity contribution is 1.18. The van der Waals surface area contributed by atoms with Gasteiger partial charge in [-0.1, -0.05) is 337 Å². The Kier molecular flexibility index (Phi) is 21.1. The molecule has 123 heavy (non-hydrogen) atoms. The number of anilines is 10. The van der Waals surface area contributed by atoms with Gasteiger partial charge in [0, 0.05) is 93.7 Å². The first kappa shape index (κ1) is 75.9. The van der Waals surface area contributed by atoms with Gasteiger partial charge in [-0.25, -0.2) is 0 Å². The Morgan fingerprint density at radius 3 is 0.805 bits per heavy atom. The molecule has 2 aromatic heterocycles. The third-order valence-corrected chi connectivity index (χ3v) is 23.8. The molecule has 22 rings (SSSR count). The van der Waals surface area contributed by atoms with E-state index in [2.05, 4.69) is 513 Å². The molecule has 22 aromatic rings. The van der Waals surface area contributed by atoms with E-state index in [-0.39, 0.29) is 0 Å². The molecule has 0 radical (unpaired) electrons. The Morgan fingerprint density at radius 2 is 0.439 bits per heavy atom. The molecule has 0 aliphatic rings. The molecular weight excluding hydrogens is 1560 g/mol. The minimum Gasteiger partial charge on any atom is -0.399 e. The molecule has 0 unspecified atom stereocenters. The van der Waals surface area contributed by atoms with Crippen molar-refractivity contribution in [1.29, 1.82) is 0 Å². The lowest BCUT2D eigenvalue weighted by Gasteiger charge is -2.28. The van der Waals surface area contributed by atoms with Crippen LogP contribution in [0.25, 0.3) is 132 Å². The Morgan fingerprint density at radius 1 is 0.179 bits per heavy atom. The van der Waals surface area contributed by atoms with Crippen molar-refractivity contribution in [2.24, 2.45) is 0 Å². The molecule has 0 saturated carbocycles.